The van der Waals surface area contributed by atoms with E-state index in [-0.39, 0.29) is 12.1 Å². The Labute approximate surface area is 121 Å². The third-order valence-corrected chi connectivity index (χ3v) is 5.34. The number of benzene rings is 1. The van der Waals surface area contributed by atoms with E-state index in [0.717, 1.165) is 0 Å². The van der Waals surface area contributed by atoms with Crippen LogP contribution in [0.4, 0.5) is 47.6 Å². The van der Waals surface area contributed by atoms with Crippen molar-refractivity contribution in [1.82, 2.24) is 0 Å². The molecular formula is C9H6ClF10NS. The van der Waals surface area contributed by atoms with E-state index in [1.165, 1.54) is 0 Å². The molecule has 1 rings (SSSR count). The van der Waals surface area contributed by atoms with E-state index >= 15 is 0 Å². The molecule has 0 aliphatic carbocycles. The molecule has 22 heavy (non-hydrogen) atoms. The lowest BCUT2D eigenvalue weighted by Crippen LogP contribution is -2.58. The number of anilines is 1. The number of hydrogen-bond donors (Lipinski definition) is 1. The molecule has 0 atom stereocenters. The predicted octanol–water partition coefficient (Wildman–Crippen LogP) is 6.10. The van der Waals surface area contributed by atoms with Gasteiger partial charge in [-0.25, -0.2) is 0 Å². The Balaban J connectivity index is 3.76. The molecule has 0 amide bonds. The fraction of sp³-hybridized carbons (Fsp3) is 0.333. The van der Waals surface area contributed by atoms with Gasteiger partial charge >= 0.3 is 16.6 Å². The summed E-state index contributed by atoms with van der Waals surface area (Å²) in [4.78, 5) is -2.85. The zero-order valence-electron chi connectivity index (χ0n) is 9.95. The van der Waals surface area contributed by atoms with Crippen LogP contribution in [0.25, 0.3) is 0 Å². The van der Waals surface area contributed by atoms with E-state index in [4.69, 9.17) is 5.73 Å². The molecule has 0 radical (unpaired) electrons. The Morgan fingerprint density at radius 3 is 1.50 bits per heavy atom. The van der Waals surface area contributed by atoms with Gasteiger partial charge in [0.15, 0.2) is 0 Å². The number of alkyl halides is 7. The first-order valence-corrected chi connectivity index (χ1v) is 7.39. The summed E-state index contributed by atoms with van der Waals surface area (Å²) in [6.07, 6.45) is 0. The van der Waals surface area contributed by atoms with Crippen molar-refractivity contribution >= 4 is 27.1 Å². The minimum Gasteiger partial charge on any atom is -0.399 e. The lowest BCUT2D eigenvalue weighted by Gasteiger charge is -2.55. The first-order valence-electron chi connectivity index (χ1n) is 4.96. The second kappa shape index (κ2) is 4.08. The lowest BCUT2D eigenvalue weighted by atomic mass is 10.3. The van der Waals surface area contributed by atoms with Crippen molar-refractivity contribution in [1.29, 1.82) is 0 Å². The molecule has 2 N–H and O–H groups in total. The van der Waals surface area contributed by atoms with Crippen molar-refractivity contribution < 1.29 is 41.9 Å². The summed E-state index contributed by atoms with van der Waals surface area (Å²) in [7, 11) is -11.2. The summed E-state index contributed by atoms with van der Waals surface area (Å²) in [5.41, 5.74) is 4.53. The fourth-order valence-corrected chi connectivity index (χ4v) is 3.11. The van der Waals surface area contributed by atoms with Gasteiger partial charge in [-0.05, 0) is 35.9 Å². The third-order valence-electron chi connectivity index (χ3n) is 2.59. The molecule has 0 saturated carbocycles. The van der Waals surface area contributed by atoms with Gasteiger partial charge in [0.25, 0.3) is 0 Å². The first kappa shape index (κ1) is 19.0. The van der Waals surface area contributed by atoms with Crippen LogP contribution in [0.15, 0.2) is 29.2 Å². The average molecular weight is 386 g/mol. The van der Waals surface area contributed by atoms with Crippen LogP contribution in [0.2, 0.25) is 0 Å². The molecule has 0 aliphatic rings. The quantitative estimate of drug-likeness (QED) is 0.378. The van der Waals surface area contributed by atoms with Crippen LogP contribution in [0.1, 0.15) is 0 Å². The lowest BCUT2D eigenvalue weighted by molar-refractivity contribution is -0.252. The van der Waals surface area contributed by atoms with Crippen LogP contribution in [-0.2, 0) is 0 Å². The normalized spacial score (nSPS) is 17.8. The molecule has 130 valence electrons. The smallest absolute Gasteiger partial charge is 0.399 e. The van der Waals surface area contributed by atoms with Crippen molar-refractivity contribution in [2.24, 2.45) is 0 Å². The van der Waals surface area contributed by atoms with E-state index in [2.05, 4.69) is 11.6 Å². The standard InChI is InChI=1S/C9H6ClF10NS/c10-8(13,14)7(11,12)9(15,16)22(17,18,19,20)6-3-1-5(21)2-4-6/h1-4H,21H2. The molecule has 0 saturated heterocycles. The monoisotopic (exact) mass is 385 g/mol. The summed E-state index contributed by atoms with van der Waals surface area (Å²) in [5, 5.41) is -14.1. The molecule has 0 spiro atoms. The zero-order chi connectivity index (χ0) is 17.9. The predicted molar refractivity (Wildman–Crippen MR) is 61.8 cm³/mol. The Bertz CT molecular complexity index is 586. The van der Waals surface area contributed by atoms with Gasteiger partial charge in [-0.1, -0.05) is 0 Å². The van der Waals surface area contributed by atoms with Gasteiger partial charge in [-0.15, -0.1) is 15.5 Å². The highest BCUT2D eigenvalue weighted by Gasteiger charge is 2.94. The maximum absolute atomic E-state index is 13.6. The number of rotatable bonds is 4. The molecule has 0 aromatic heterocycles. The summed E-state index contributed by atoms with van der Waals surface area (Å²) < 4.78 is 131. The van der Waals surface area contributed by atoms with Crippen LogP contribution in [0.5, 0.6) is 0 Å². The van der Waals surface area contributed by atoms with Gasteiger partial charge < -0.3 is 5.73 Å². The highest BCUT2D eigenvalue weighted by Crippen LogP contribution is 3.08. The van der Waals surface area contributed by atoms with Gasteiger partial charge in [0.05, 0.1) is 4.90 Å². The number of hydrogen-bond acceptors (Lipinski definition) is 1. The number of halogens is 11. The zero-order valence-corrected chi connectivity index (χ0v) is 11.5. The van der Waals surface area contributed by atoms with Crippen LogP contribution in [0, 0.1) is 0 Å². The number of nitrogens with two attached hydrogens (primary N) is 1. The van der Waals surface area contributed by atoms with Crippen molar-refractivity contribution in [2.45, 2.75) is 21.5 Å². The fourth-order valence-electron chi connectivity index (χ4n) is 1.31. The second-order valence-corrected chi connectivity index (χ2v) is 7.82. The van der Waals surface area contributed by atoms with E-state index < -0.39 is 37.0 Å². The van der Waals surface area contributed by atoms with Gasteiger partial charge in [-0.3, -0.25) is 0 Å². The van der Waals surface area contributed by atoms with Crippen molar-refractivity contribution in [2.75, 3.05) is 5.73 Å². The average Bonchev–Trinajstić information content (AvgIpc) is 2.25. The maximum atomic E-state index is 13.6. The summed E-state index contributed by atoms with van der Waals surface area (Å²) >= 11 is 3.62. The number of nitrogen functional groups attached to an aromatic ring is 1. The molecule has 1 nitrogen and oxygen atoms in total. The molecule has 0 fully saturated rings. The Hall–Kier alpha value is -1.04. The Morgan fingerprint density at radius 2 is 1.18 bits per heavy atom. The summed E-state index contributed by atoms with van der Waals surface area (Å²) in [6.45, 7) is 0. The summed E-state index contributed by atoms with van der Waals surface area (Å²) in [6, 6.07) is -0.123. The highest BCUT2D eigenvalue weighted by molar-refractivity contribution is 8.50. The molecule has 13 heteroatoms. The van der Waals surface area contributed by atoms with Gasteiger partial charge in [-0.2, -0.15) is 26.3 Å². The van der Waals surface area contributed by atoms with Gasteiger partial charge in [0.1, 0.15) is 0 Å². The van der Waals surface area contributed by atoms with Crippen LogP contribution in [-0.4, -0.2) is 16.6 Å². The van der Waals surface area contributed by atoms with Crippen LogP contribution >= 0.6 is 21.4 Å². The van der Waals surface area contributed by atoms with Crippen molar-refractivity contribution in [3.8, 4) is 0 Å². The largest absolute Gasteiger partial charge is 0.427 e. The van der Waals surface area contributed by atoms with Gasteiger partial charge in [0.2, 0.25) is 9.84 Å². The molecular weight excluding hydrogens is 380 g/mol. The van der Waals surface area contributed by atoms with Crippen molar-refractivity contribution in [3.05, 3.63) is 24.3 Å². The van der Waals surface area contributed by atoms with E-state index in [0.29, 0.717) is 12.1 Å². The molecule has 1 aromatic rings. The van der Waals surface area contributed by atoms with E-state index in [9.17, 15) is 41.9 Å². The second-order valence-electron chi connectivity index (χ2n) is 4.23. The highest BCUT2D eigenvalue weighted by atomic mass is 35.5. The molecule has 0 heterocycles. The molecule has 0 unspecified atom stereocenters. The van der Waals surface area contributed by atoms with E-state index in [1.807, 2.05) is 0 Å². The maximum Gasteiger partial charge on any atom is 0.427 e. The Morgan fingerprint density at radius 1 is 0.818 bits per heavy atom. The van der Waals surface area contributed by atoms with Crippen molar-refractivity contribution in [3.63, 3.8) is 0 Å². The minimum absolute atomic E-state index is 0.292. The minimum atomic E-state index is -11.2. The molecule has 0 bridgehead atoms. The molecule has 1 aromatic carbocycles. The van der Waals surface area contributed by atoms with Crippen LogP contribution < -0.4 is 5.73 Å². The molecule has 0 aliphatic heterocycles. The third kappa shape index (κ3) is 2.27. The van der Waals surface area contributed by atoms with Crippen LogP contribution in [0.3, 0.4) is 0 Å². The first-order chi connectivity index (χ1) is 9.28. The SMILES string of the molecule is Nc1ccc(S(F)(F)(F)(F)C(F)(F)C(F)(F)C(F)(F)Cl)cc1. The van der Waals surface area contributed by atoms with Gasteiger partial charge in [0, 0.05) is 5.69 Å². The Kier molecular flexibility index (Phi) is 3.52. The van der Waals surface area contributed by atoms with E-state index in [1.54, 1.807) is 0 Å². The topological polar surface area (TPSA) is 26.0 Å². The summed E-state index contributed by atoms with van der Waals surface area (Å²) in [5.74, 6) is -7.24.